The molecule has 0 aromatic heterocycles. The van der Waals surface area contributed by atoms with Gasteiger partial charge in [-0.3, -0.25) is 4.79 Å². The topological polar surface area (TPSA) is 55.1 Å². The van der Waals surface area contributed by atoms with Crippen molar-refractivity contribution in [3.8, 4) is 0 Å². The van der Waals surface area contributed by atoms with E-state index in [4.69, 9.17) is 17.3 Å². The second kappa shape index (κ2) is 4.85. The third-order valence-corrected chi connectivity index (χ3v) is 3.14. The highest BCUT2D eigenvalue weighted by Crippen LogP contribution is 2.25. The molecule has 3 nitrogen and oxygen atoms in total. The predicted molar refractivity (Wildman–Crippen MR) is 64.5 cm³/mol. The van der Waals surface area contributed by atoms with Gasteiger partial charge in [-0.2, -0.15) is 0 Å². The molecule has 4 heteroatoms. The Morgan fingerprint density at radius 1 is 1.44 bits per heavy atom. The summed E-state index contributed by atoms with van der Waals surface area (Å²) < 4.78 is 0. The van der Waals surface area contributed by atoms with E-state index < -0.39 is 0 Å². The smallest absolute Gasteiger partial charge is 0.218 e. The van der Waals surface area contributed by atoms with Gasteiger partial charge in [-0.25, -0.2) is 0 Å². The molecule has 0 radical (unpaired) electrons. The molecule has 0 heterocycles. The molecule has 0 aliphatic heterocycles. The fourth-order valence-electron chi connectivity index (χ4n) is 2.13. The molecule has 1 aliphatic rings. The van der Waals surface area contributed by atoms with Crippen LogP contribution in [-0.2, 0) is 17.6 Å². The van der Waals surface area contributed by atoms with Crippen LogP contribution in [0.15, 0.2) is 18.2 Å². The number of carbonyl (C=O) groups excluding carboxylic acids is 1. The molecule has 1 atom stereocenters. The number of amides is 1. The third-order valence-electron chi connectivity index (χ3n) is 2.91. The molecule has 1 amide bonds. The molecule has 0 fully saturated rings. The minimum absolute atomic E-state index is 0.258. The predicted octanol–water partition coefficient (Wildman–Crippen LogP) is 1.27. The molecule has 0 saturated heterocycles. The van der Waals surface area contributed by atoms with Gasteiger partial charge in [0.1, 0.15) is 0 Å². The van der Waals surface area contributed by atoms with Gasteiger partial charge in [0.2, 0.25) is 5.91 Å². The van der Waals surface area contributed by atoms with E-state index in [2.05, 4.69) is 11.4 Å². The summed E-state index contributed by atoms with van der Waals surface area (Å²) in [6, 6.07) is 6.43. The number of nitrogens with one attached hydrogen (secondary N) is 1. The molecular weight excluding hydrogens is 224 g/mol. The maximum atomic E-state index is 10.6. The van der Waals surface area contributed by atoms with E-state index in [-0.39, 0.29) is 5.91 Å². The van der Waals surface area contributed by atoms with E-state index in [9.17, 15) is 4.79 Å². The highest BCUT2D eigenvalue weighted by molar-refractivity contribution is 6.30. The summed E-state index contributed by atoms with van der Waals surface area (Å²) in [7, 11) is 0. The zero-order chi connectivity index (χ0) is 11.5. The van der Waals surface area contributed by atoms with Crippen molar-refractivity contribution < 1.29 is 4.79 Å². The number of benzene rings is 1. The molecule has 0 bridgehead atoms. The first-order valence-corrected chi connectivity index (χ1v) is 5.82. The summed E-state index contributed by atoms with van der Waals surface area (Å²) in [5.41, 5.74) is 7.74. The standard InChI is InChI=1S/C12H15ClN2O/c13-10-2-1-8-6-11(7-9(8)5-10)15-4-3-12(14)16/h1-2,5,11,15H,3-4,6-7H2,(H2,14,16). The van der Waals surface area contributed by atoms with Crippen LogP contribution in [0.4, 0.5) is 0 Å². The minimum atomic E-state index is -0.258. The summed E-state index contributed by atoms with van der Waals surface area (Å²) in [6.07, 6.45) is 2.38. The normalized spacial score (nSPS) is 18.4. The van der Waals surface area contributed by atoms with E-state index in [1.54, 1.807) is 0 Å². The first-order valence-electron chi connectivity index (χ1n) is 5.44. The van der Waals surface area contributed by atoms with Crippen LogP contribution in [-0.4, -0.2) is 18.5 Å². The van der Waals surface area contributed by atoms with E-state index in [0.29, 0.717) is 19.0 Å². The van der Waals surface area contributed by atoms with Crippen molar-refractivity contribution in [2.75, 3.05) is 6.54 Å². The zero-order valence-corrected chi connectivity index (χ0v) is 9.76. The van der Waals surface area contributed by atoms with Crippen LogP contribution in [0.2, 0.25) is 5.02 Å². The van der Waals surface area contributed by atoms with Crippen molar-refractivity contribution in [1.29, 1.82) is 0 Å². The van der Waals surface area contributed by atoms with E-state index in [1.807, 2.05) is 12.1 Å². The largest absolute Gasteiger partial charge is 0.370 e. The molecule has 1 aromatic rings. The van der Waals surface area contributed by atoms with Crippen molar-refractivity contribution in [3.05, 3.63) is 34.3 Å². The van der Waals surface area contributed by atoms with Crippen LogP contribution in [0.5, 0.6) is 0 Å². The molecule has 16 heavy (non-hydrogen) atoms. The van der Waals surface area contributed by atoms with Crippen molar-refractivity contribution in [3.63, 3.8) is 0 Å². The van der Waals surface area contributed by atoms with Crippen LogP contribution in [0.25, 0.3) is 0 Å². The van der Waals surface area contributed by atoms with Gasteiger partial charge in [0.05, 0.1) is 0 Å². The average Bonchev–Trinajstić information content (AvgIpc) is 2.58. The minimum Gasteiger partial charge on any atom is -0.370 e. The zero-order valence-electron chi connectivity index (χ0n) is 9.00. The van der Waals surface area contributed by atoms with Crippen LogP contribution in [0.3, 0.4) is 0 Å². The molecule has 1 aliphatic carbocycles. The second-order valence-electron chi connectivity index (χ2n) is 4.19. The van der Waals surface area contributed by atoms with Crippen LogP contribution in [0, 0.1) is 0 Å². The number of nitrogens with two attached hydrogens (primary N) is 1. The van der Waals surface area contributed by atoms with E-state index in [1.165, 1.54) is 11.1 Å². The molecule has 3 N–H and O–H groups in total. The monoisotopic (exact) mass is 238 g/mol. The Morgan fingerprint density at radius 3 is 2.94 bits per heavy atom. The van der Waals surface area contributed by atoms with Crippen molar-refractivity contribution in [1.82, 2.24) is 5.32 Å². The number of primary amides is 1. The maximum Gasteiger partial charge on any atom is 0.218 e. The van der Waals surface area contributed by atoms with Gasteiger partial charge in [0.25, 0.3) is 0 Å². The van der Waals surface area contributed by atoms with Gasteiger partial charge in [-0.15, -0.1) is 0 Å². The summed E-state index contributed by atoms with van der Waals surface area (Å²) in [4.78, 5) is 10.6. The SMILES string of the molecule is NC(=O)CCNC1Cc2ccc(Cl)cc2C1. The Labute approximate surface area is 100.0 Å². The molecule has 1 aromatic carbocycles. The van der Waals surface area contributed by atoms with E-state index in [0.717, 1.165) is 17.9 Å². The van der Waals surface area contributed by atoms with Crippen molar-refractivity contribution in [2.45, 2.75) is 25.3 Å². The van der Waals surface area contributed by atoms with Gasteiger partial charge in [-0.1, -0.05) is 17.7 Å². The summed E-state index contributed by atoms with van der Waals surface area (Å²) in [6.45, 7) is 0.654. The lowest BCUT2D eigenvalue weighted by molar-refractivity contribution is -0.117. The van der Waals surface area contributed by atoms with Crippen LogP contribution >= 0.6 is 11.6 Å². The number of fused-ring (bicyclic) bond motifs is 1. The van der Waals surface area contributed by atoms with Gasteiger partial charge >= 0.3 is 0 Å². The van der Waals surface area contributed by atoms with E-state index >= 15 is 0 Å². The third kappa shape index (κ3) is 2.74. The molecule has 0 saturated carbocycles. The first kappa shape index (κ1) is 11.4. The lowest BCUT2D eigenvalue weighted by Gasteiger charge is -2.10. The Bertz CT molecular complexity index is 406. The van der Waals surface area contributed by atoms with Crippen LogP contribution in [0.1, 0.15) is 17.5 Å². The Kier molecular flexibility index (Phi) is 3.46. The lowest BCUT2D eigenvalue weighted by Crippen LogP contribution is -2.32. The van der Waals surface area contributed by atoms with Crippen molar-refractivity contribution >= 4 is 17.5 Å². The Hall–Kier alpha value is -1.06. The summed E-state index contributed by atoms with van der Waals surface area (Å²) in [5.74, 6) is -0.258. The summed E-state index contributed by atoms with van der Waals surface area (Å²) >= 11 is 5.94. The van der Waals surface area contributed by atoms with Crippen molar-refractivity contribution in [2.24, 2.45) is 5.73 Å². The first-order chi connectivity index (χ1) is 7.65. The fraction of sp³-hybridized carbons (Fsp3) is 0.417. The molecule has 86 valence electrons. The Balaban J connectivity index is 1.88. The van der Waals surface area contributed by atoms with Gasteiger partial charge in [0, 0.05) is 24.0 Å². The van der Waals surface area contributed by atoms with Crippen LogP contribution < -0.4 is 11.1 Å². The average molecular weight is 239 g/mol. The quantitative estimate of drug-likeness (QED) is 0.830. The fourth-order valence-corrected chi connectivity index (χ4v) is 2.33. The summed E-state index contributed by atoms with van der Waals surface area (Å²) in [5, 5.41) is 4.12. The number of hydrogen-bond acceptors (Lipinski definition) is 2. The lowest BCUT2D eigenvalue weighted by atomic mass is 10.1. The molecule has 1 unspecified atom stereocenters. The number of hydrogen-bond donors (Lipinski definition) is 2. The van der Waals surface area contributed by atoms with Gasteiger partial charge < -0.3 is 11.1 Å². The number of rotatable bonds is 4. The number of halogens is 1. The highest BCUT2D eigenvalue weighted by atomic mass is 35.5. The number of carbonyl (C=O) groups is 1. The van der Waals surface area contributed by atoms with Gasteiger partial charge in [-0.05, 0) is 36.1 Å². The maximum absolute atomic E-state index is 10.6. The Morgan fingerprint density at radius 2 is 2.19 bits per heavy atom. The molecule has 0 spiro atoms. The molecule has 2 rings (SSSR count). The molecular formula is C12H15ClN2O. The van der Waals surface area contributed by atoms with Gasteiger partial charge in [0.15, 0.2) is 0 Å². The second-order valence-corrected chi connectivity index (χ2v) is 4.63. The highest BCUT2D eigenvalue weighted by Gasteiger charge is 2.20.